The molecule has 2 heterocycles. The molecular formula is C13H21N3O. The Morgan fingerprint density at radius 3 is 2.65 bits per heavy atom. The summed E-state index contributed by atoms with van der Waals surface area (Å²) in [5, 5.41) is 12.7. The predicted octanol–water partition coefficient (Wildman–Crippen LogP) is 1.32. The van der Waals surface area contributed by atoms with Gasteiger partial charge in [0.25, 0.3) is 0 Å². The van der Waals surface area contributed by atoms with E-state index < -0.39 is 0 Å². The van der Waals surface area contributed by atoms with Crippen molar-refractivity contribution >= 4 is 5.82 Å². The molecule has 0 radical (unpaired) electrons. The zero-order valence-corrected chi connectivity index (χ0v) is 10.6. The van der Waals surface area contributed by atoms with Crippen LogP contribution in [0.4, 0.5) is 5.82 Å². The number of nitrogens with zero attached hydrogens (tertiary/aromatic N) is 2. The fourth-order valence-electron chi connectivity index (χ4n) is 2.10. The number of anilines is 1. The van der Waals surface area contributed by atoms with Crippen LogP contribution in [0.25, 0.3) is 0 Å². The largest absolute Gasteiger partial charge is 0.393 e. The monoisotopic (exact) mass is 235 g/mol. The van der Waals surface area contributed by atoms with Crippen molar-refractivity contribution in [1.82, 2.24) is 10.3 Å². The van der Waals surface area contributed by atoms with E-state index >= 15 is 0 Å². The topological polar surface area (TPSA) is 48.4 Å². The Hall–Kier alpha value is -1.13. The number of aliphatic hydroxyl groups excluding tert-OH is 1. The number of hydrogen-bond acceptors (Lipinski definition) is 4. The van der Waals surface area contributed by atoms with Crippen LogP contribution in [0.1, 0.15) is 31.4 Å². The third-order valence-electron chi connectivity index (χ3n) is 3.49. The second-order valence-corrected chi connectivity index (χ2v) is 4.68. The minimum absolute atomic E-state index is 0.130. The highest BCUT2D eigenvalue weighted by molar-refractivity contribution is 5.40. The van der Waals surface area contributed by atoms with E-state index in [4.69, 9.17) is 0 Å². The third kappa shape index (κ3) is 2.96. The summed E-state index contributed by atoms with van der Waals surface area (Å²) in [4.78, 5) is 6.74. The predicted molar refractivity (Wildman–Crippen MR) is 69.2 cm³/mol. The molecule has 0 aromatic carbocycles. The van der Waals surface area contributed by atoms with Crippen LogP contribution in [0.3, 0.4) is 0 Å². The molecule has 4 heteroatoms. The normalized spacial score (nSPS) is 19.4. The van der Waals surface area contributed by atoms with Gasteiger partial charge in [-0.15, -0.1) is 0 Å². The molecule has 1 fully saturated rings. The van der Waals surface area contributed by atoms with Crippen molar-refractivity contribution in [2.24, 2.45) is 0 Å². The molecule has 4 nitrogen and oxygen atoms in total. The van der Waals surface area contributed by atoms with E-state index in [2.05, 4.69) is 34.3 Å². The molecule has 1 atom stereocenters. The van der Waals surface area contributed by atoms with E-state index in [-0.39, 0.29) is 6.10 Å². The fraction of sp³-hybridized carbons (Fsp3) is 0.615. The summed E-state index contributed by atoms with van der Waals surface area (Å²) in [5.41, 5.74) is 1.20. The molecule has 0 aliphatic carbocycles. The number of piperidine rings is 1. The van der Waals surface area contributed by atoms with Gasteiger partial charge in [0.15, 0.2) is 0 Å². The highest BCUT2D eigenvalue weighted by atomic mass is 16.3. The molecule has 1 aromatic rings. The highest BCUT2D eigenvalue weighted by Gasteiger charge is 2.18. The summed E-state index contributed by atoms with van der Waals surface area (Å²) < 4.78 is 0. The van der Waals surface area contributed by atoms with E-state index in [1.54, 1.807) is 0 Å². The van der Waals surface area contributed by atoms with Crippen molar-refractivity contribution in [3.8, 4) is 0 Å². The minimum Gasteiger partial charge on any atom is -0.393 e. The average Bonchev–Trinajstić information content (AvgIpc) is 2.39. The van der Waals surface area contributed by atoms with Crippen molar-refractivity contribution in [2.75, 3.05) is 25.0 Å². The lowest BCUT2D eigenvalue weighted by atomic mass is 10.1. The second-order valence-electron chi connectivity index (χ2n) is 4.68. The summed E-state index contributed by atoms with van der Waals surface area (Å²) in [5.74, 6) is 1.02. The number of nitrogens with one attached hydrogen (secondary N) is 1. The summed E-state index contributed by atoms with van der Waals surface area (Å²) in [6.45, 7) is 3.91. The first-order valence-corrected chi connectivity index (χ1v) is 6.27. The molecule has 0 amide bonds. The van der Waals surface area contributed by atoms with Crippen LogP contribution in [-0.2, 0) is 0 Å². The highest BCUT2D eigenvalue weighted by Crippen LogP contribution is 2.19. The molecule has 1 saturated heterocycles. The van der Waals surface area contributed by atoms with Gasteiger partial charge in [-0.05, 0) is 38.4 Å². The Kier molecular flexibility index (Phi) is 3.97. The Balaban J connectivity index is 2.02. The number of aromatic nitrogens is 1. The van der Waals surface area contributed by atoms with Gasteiger partial charge in [0.2, 0.25) is 0 Å². The number of aliphatic hydroxyl groups is 1. The average molecular weight is 235 g/mol. The Morgan fingerprint density at radius 2 is 2.12 bits per heavy atom. The maximum absolute atomic E-state index is 9.47. The number of rotatable bonds is 3. The van der Waals surface area contributed by atoms with Gasteiger partial charge >= 0.3 is 0 Å². The van der Waals surface area contributed by atoms with Crippen molar-refractivity contribution in [2.45, 2.75) is 31.9 Å². The van der Waals surface area contributed by atoms with E-state index in [1.165, 1.54) is 5.56 Å². The molecule has 94 valence electrons. The summed E-state index contributed by atoms with van der Waals surface area (Å²) in [7, 11) is 1.95. The molecule has 1 unspecified atom stereocenters. The number of hydrogen-bond donors (Lipinski definition) is 2. The van der Waals surface area contributed by atoms with Gasteiger partial charge in [0.05, 0.1) is 6.10 Å². The van der Waals surface area contributed by atoms with Crippen LogP contribution in [0.2, 0.25) is 0 Å². The van der Waals surface area contributed by atoms with E-state index in [1.807, 2.05) is 13.2 Å². The molecule has 17 heavy (non-hydrogen) atoms. The first-order chi connectivity index (χ1) is 8.20. The van der Waals surface area contributed by atoms with Gasteiger partial charge in [0, 0.05) is 25.3 Å². The minimum atomic E-state index is -0.130. The van der Waals surface area contributed by atoms with E-state index in [9.17, 15) is 5.11 Å². The molecular weight excluding hydrogens is 214 g/mol. The lowest BCUT2D eigenvalue weighted by molar-refractivity contribution is 0.145. The molecule has 1 aliphatic heterocycles. The Labute approximate surface area is 103 Å². The van der Waals surface area contributed by atoms with Crippen LogP contribution in [0, 0.1) is 0 Å². The maximum Gasteiger partial charge on any atom is 0.128 e. The first kappa shape index (κ1) is 12.3. The molecule has 2 N–H and O–H groups in total. The van der Waals surface area contributed by atoms with Crippen LogP contribution in [0.15, 0.2) is 18.3 Å². The van der Waals surface area contributed by atoms with E-state index in [0.717, 1.165) is 31.7 Å². The van der Waals surface area contributed by atoms with Gasteiger partial charge in [0.1, 0.15) is 5.82 Å². The quantitative estimate of drug-likeness (QED) is 0.829. The maximum atomic E-state index is 9.47. The van der Waals surface area contributed by atoms with Crippen molar-refractivity contribution < 1.29 is 5.11 Å². The molecule has 2 rings (SSSR count). The lowest BCUT2D eigenvalue weighted by Gasteiger charge is -2.30. The Morgan fingerprint density at radius 1 is 1.41 bits per heavy atom. The summed E-state index contributed by atoms with van der Waals surface area (Å²) in [6.07, 6.45) is 3.49. The van der Waals surface area contributed by atoms with Crippen LogP contribution >= 0.6 is 0 Å². The van der Waals surface area contributed by atoms with Crippen LogP contribution in [-0.4, -0.2) is 36.3 Å². The lowest BCUT2D eigenvalue weighted by Crippen LogP contribution is -2.36. The van der Waals surface area contributed by atoms with E-state index in [0.29, 0.717) is 6.04 Å². The molecule has 0 saturated carbocycles. The van der Waals surface area contributed by atoms with Crippen molar-refractivity contribution in [3.63, 3.8) is 0 Å². The van der Waals surface area contributed by atoms with Crippen molar-refractivity contribution in [3.05, 3.63) is 23.9 Å². The standard InChI is InChI=1S/C13H21N3O/c1-10(14-2)11-3-4-13(15-9-11)16-7-5-12(17)6-8-16/h3-4,9-10,12,14,17H,5-8H2,1-2H3. The zero-order valence-electron chi connectivity index (χ0n) is 10.6. The van der Waals surface area contributed by atoms with Crippen LogP contribution in [0.5, 0.6) is 0 Å². The summed E-state index contributed by atoms with van der Waals surface area (Å²) >= 11 is 0. The van der Waals surface area contributed by atoms with Crippen LogP contribution < -0.4 is 10.2 Å². The zero-order chi connectivity index (χ0) is 12.3. The van der Waals surface area contributed by atoms with Crippen molar-refractivity contribution in [1.29, 1.82) is 0 Å². The molecule has 0 bridgehead atoms. The van der Waals surface area contributed by atoms with Gasteiger partial charge in [-0.1, -0.05) is 6.07 Å². The van der Waals surface area contributed by atoms with Gasteiger partial charge in [-0.3, -0.25) is 0 Å². The number of pyridine rings is 1. The van der Waals surface area contributed by atoms with Gasteiger partial charge in [-0.25, -0.2) is 4.98 Å². The SMILES string of the molecule is CNC(C)c1ccc(N2CCC(O)CC2)nc1. The van der Waals surface area contributed by atoms with Gasteiger partial charge < -0.3 is 15.3 Å². The first-order valence-electron chi connectivity index (χ1n) is 6.27. The molecule has 1 aliphatic rings. The fourth-order valence-corrected chi connectivity index (χ4v) is 2.10. The second kappa shape index (κ2) is 5.47. The molecule has 1 aromatic heterocycles. The van der Waals surface area contributed by atoms with Gasteiger partial charge in [-0.2, -0.15) is 0 Å². The smallest absolute Gasteiger partial charge is 0.128 e. The molecule has 0 spiro atoms. The summed E-state index contributed by atoms with van der Waals surface area (Å²) in [6, 6.07) is 4.52. The third-order valence-corrected chi connectivity index (χ3v) is 3.49. The Bertz CT molecular complexity index is 344.